The Labute approximate surface area is 194 Å². The lowest BCUT2D eigenvalue weighted by Crippen LogP contribution is -2.21. The van der Waals surface area contributed by atoms with Crippen LogP contribution in [-0.2, 0) is 11.8 Å². The number of rotatable bonds is 5. The van der Waals surface area contributed by atoms with Crippen molar-refractivity contribution in [3.63, 3.8) is 0 Å². The van der Waals surface area contributed by atoms with Gasteiger partial charge in [-0.1, -0.05) is 66.4 Å². The van der Waals surface area contributed by atoms with Crippen molar-refractivity contribution in [2.75, 3.05) is 11.1 Å². The lowest BCUT2D eigenvalue weighted by atomic mass is 9.84. The fourth-order valence-corrected chi connectivity index (χ4v) is 4.66. The molecule has 1 aliphatic rings. The molecule has 3 aromatic carbocycles. The second-order valence-corrected chi connectivity index (χ2v) is 8.59. The number of imidazole rings is 1. The van der Waals surface area contributed by atoms with Crippen molar-refractivity contribution in [1.29, 1.82) is 0 Å². The van der Waals surface area contributed by atoms with Crippen molar-refractivity contribution in [3.8, 4) is 11.3 Å². The van der Waals surface area contributed by atoms with Crippen LogP contribution in [0.2, 0.25) is 0 Å². The molecule has 0 radical (unpaired) electrons. The molecule has 0 atom stereocenters. The monoisotopic (exact) mass is 453 g/mol. The van der Waals surface area contributed by atoms with Gasteiger partial charge in [0, 0.05) is 35.0 Å². The summed E-state index contributed by atoms with van der Waals surface area (Å²) in [5, 5.41) is 3.55. The number of amides is 1. The Bertz CT molecular complexity index is 1410. The van der Waals surface area contributed by atoms with Crippen LogP contribution in [-0.4, -0.2) is 32.8 Å². The maximum Gasteiger partial charge on any atom is 0.234 e. The van der Waals surface area contributed by atoms with Crippen LogP contribution in [0.15, 0.2) is 84.1 Å². The second kappa shape index (κ2) is 8.52. The summed E-state index contributed by atoms with van der Waals surface area (Å²) in [5.74, 6) is -0.463. The first-order valence-electron chi connectivity index (χ1n) is 10.3. The van der Waals surface area contributed by atoms with Crippen molar-refractivity contribution in [2.45, 2.75) is 5.16 Å². The number of hydrogen-bond donors (Lipinski definition) is 1. The van der Waals surface area contributed by atoms with E-state index in [4.69, 9.17) is 0 Å². The van der Waals surface area contributed by atoms with Gasteiger partial charge in [-0.05, 0) is 23.8 Å². The zero-order valence-corrected chi connectivity index (χ0v) is 18.6. The van der Waals surface area contributed by atoms with Crippen LogP contribution in [0.25, 0.3) is 11.3 Å². The molecule has 1 amide bonds. The Kier molecular flexibility index (Phi) is 5.40. The largest absolute Gasteiger partial charge is 0.325 e. The first-order chi connectivity index (χ1) is 16.0. The van der Waals surface area contributed by atoms with E-state index in [-0.39, 0.29) is 23.2 Å². The number of aromatic nitrogens is 2. The zero-order valence-electron chi connectivity index (χ0n) is 17.7. The summed E-state index contributed by atoms with van der Waals surface area (Å²) in [4.78, 5) is 42.6. The number of nitrogens with zero attached hydrogens (tertiary/aromatic N) is 2. The smallest absolute Gasteiger partial charge is 0.234 e. The number of fused-ring (bicyclic) bond motifs is 2. The van der Waals surface area contributed by atoms with E-state index in [1.807, 2.05) is 41.9 Å². The molecule has 162 valence electrons. The van der Waals surface area contributed by atoms with E-state index in [9.17, 15) is 14.4 Å². The fourth-order valence-electron chi connectivity index (χ4n) is 3.91. The highest BCUT2D eigenvalue weighted by Crippen LogP contribution is 2.29. The topological polar surface area (TPSA) is 81.1 Å². The molecule has 0 spiro atoms. The molecule has 6 nitrogen and oxygen atoms in total. The van der Waals surface area contributed by atoms with Crippen molar-refractivity contribution in [2.24, 2.45) is 7.05 Å². The highest BCUT2D eigenvalue weighted by molar-refractivity contribution is 7.99. The maximum absolute atomic E-state index is 12.9. The molecule has 0 saturated carbocycles. The van der Waals surface area contributed by atoms with E-state index in [1.54, 1.807) is 48.7 Å². The van der Waals surface area contributed by atoms with Crippen LogP contribution >= 0.6 is 11.8 Å². The van der Waals surface area contributed by atoms with E-state index in [1.165, 1.54) is 11.8 Å². The molecule has 1 aliphatic carbocycles. The van der Waals surface area contributed by atoms with Crippen molar-refractivity contribution in [3.05, 3.63) is 101 Å². The van der Waals surface area contributed by atoms with Gasteiger partial charge >= 0.3 is 0 Å². The van der Waals surface area contributed by atoms with Gasteiger partial charge in [-0.2, -0.15) is 0 Å². The highest BCUT2D eigenvalue weighted by Gasteiger charge is 2.29. The van der Waals surface area contributed by atoms with Gasteiger partial charge < -0.3 is 9.88 Å². The van der Waals surface area contributed by atoms with Crippen LogP contribution in [0.1, 0.15) is 31.8 Å². The number of hydrogen-bond acceptors (Lipinski definition) is 5. The first-order valence-corrected chi connectivity index (χ1v) is 11.3. The summed E-state index contributed by atoms with van der Waals surface area (Å²) in [5.41, 5.74) is 3.96. The summed E-state index contributed by atoms with van der Waals surface area (Å²) < 4.78 is 1.95. The van der Waals surface area contributed by atoms with E-state index in [0.717, 1.165) is 16.4 Å². The van der Waals surface area contributed by atoms with Gasteiger partial charge in [-0.3, -0.25) is 14.4 Å². The molecule has 0 fully saturated rings. The number of thioether (sulfide) groups is 1. The Hall–Kier alpha value is -3.97. The quantitative estimate of drug-likeness (QED) is 0.394. The minimum Gasteiger partial charge on any atom is -0.325 e. The third-order valence-corrected chi connectivity index (χ3v) is 6.60. The van der Waals surface area contributed by atoms with Crippen molar-refractivity contribution in [1.82, 2.24) is 9.55 Å². The van der Waals surface area contributed by atoms with E-state index < -0.39 is 0 Å². The number of nitrogens with one attached hydrogen (secondary N) is 1. The molecular weight excluding hydrogens is 434 g/mol. The van der Waals surface area contributed by atoms with E-state index in [0.29, 0.717) is 27.9 Å². The first kappa shape index (κ1) is 20.9. The summed E-state index contributed by atoms with van der Waals surface area (Å²) in [6, 6.07) is 21.5. The molecule has 4 aromatic rings. The molecule has 0 bridgehead atoms. The van der Waals surface area contributed by atoms with E-state index >= 15 is 0 Å². The summed E-state index contributed by atoms with van der Waals surface area (Å²) in [6.45, 7) is 0. The standard InChI is InChI=1S/C26H19N3O3S/c1-29-22(16-7-3-2-4-8-16)14-27-26(29)33-15-23(30)28-17-11-12-20-21(13-17)25(32)19-10-6-5-9-18(19)24(20)31/h2-14H,15H2,1H3,(H,28,30). The third-order valence-electron chi connectivity index (χ3n) is 5.56. The normalized spacial score (nSPS) is 12.3. The molecule has 5 rings (SSSR count). The summed E-state index contributed by atoms with van der Waals surface area (Å²) in [6.07, 6.45) is 1.79. The van der Waals surface area contributed by atoms with Gasteiger partial charge in [0.15, 0.2) is 16.7 Å². The number of ketones is 2. The molecule has 1 heterocycles. The van der Waals surface area contributed by atoms with Gasteiger partial charge in [-0.25, -0.2) is 4.98 Å². The minimum atomic E-state index is -0.223. The van der Waals surface area contributed by atoms with Crippen LogP contribution in [0.4, 0.5) is 5.69 Å². The molecule has 0 unspecified atom stereocenters. The molecule has 0 aliphatic heterocycles. The van der Waals surface area contributed by atoms with Gasteiger partial charge in [0.25, 0.3) is 0 Å². The Morgan fingerprint density at radius 1 is 0.879 bits per heavy atom. The number of carbonyl (C=O) groups is 3. The highest BCUT2D eigenvalue weighted by atomic mass is 32.2. The molecular formula is C26H19N3O3S. The molecule has 0 saturated heterocycles. The van der Waals surface area contributed by atoms with Crippen molar-refractivity contribution < 1.29 is 14.4 Å². The molecule has 1 aromatic heterocycles. The number of anilines is 1. The van der Waals surface area contributed by atoms with Crippen LogP contribution in [0.5, 0.6) is 0 Å². The zero-order chi connectivity index (χ0) is 22.9. The summed E-state index contributed by atoms with van der Waals surface area (Å²) >= 11 is 1.33. The van der Waals surface area contributed by atoms with Crippen LogP contribution in [0, 0.1) is 0 Å². The minimum absolute atomic E-state index is 0.159. The van der Waals surface area contributed by atoms with Gasteiger partial charge in [-0.15, -0.1) is 0 Å². The van der Waals surface area contributed by atoms with Crippen LogP contribution < -0.4 is 5.32 Å². The van der Waals surface area contributed by atoms with Gasteiger partial charge in [0.05, 0.1) is 17.6 Å². The lowest BCUT2D eigenvalue weighted by Gasteiger charge is -2.18. The van der Waals surface area contributed by atoms with Gasteiger partial charge in [0.1, 0.15) is 0 Å². The molecule has 1 N–H and O–H groups in total. The Morgan fingerprint density at radius 2 is 1.52 bits per heavy atom. The molecule has 33 heavy (non-hydrogen) atoms. The lowest BCUT2D eigenvalue weighted by molar-refractivity contribution is -0.113. The predicted octanol–water partition coefficient (Wildman–Crippen LogP) is 4.59. The number of benzene rings is 3. The Morgan fingerprint density at radius 3 is 2.24 bits per heavy atom. The van der Waals surface area contributed by atoms with E-state index in [2.05, 4.69) is 10.3 Å². The molecule has 7 heteroatoms. The van der Waals surface area contributed by atoms with Crippen LogP contribution in [0.3, 0.4) is 0 Å². The van der Waals surface area contributed by atoms with Gasteiger partial charge in [0.2, 0.25) is 5.91 Å². The maximum atomic E-state index is 12.9. The number of carbonyl (C=O) groups excluding carboxylic acids is 3. The van der Waals surface area contributed by atoms with Crippen molar-refractivity contribution >= 4 is 34.9 Å². The average molecular weight is 454 g/mol. The predicted molar refractivity (Wildman–Crippen MR) is 128 cm³/mol. The third kappa shape index (κ3) is 3.87. The summed E-state index contributed by atoms with van der Waals surface area (Å²) in [7, 11) is 1.92. The SMILES string of the molecule is Cn1c(-c2ccccc2)cnc1SCC(=O)Nc1ccc2c(c1)C(=O)c1ccccc1C2=O. The Balaban J connectivity index is 1.28. The average Bonchev–Trinajstić information content (AvgIpc) is 3.22. The fraction of sp³-hybridized carbons (Fsp3) is 0.0769. The second-order valence-electron chi connectivity index (χ2n) is 7.65.